The Kier molecular flexibility index (Phi) is 4.14. The van der Waals surface area contributed by atoms with E-state index >= 15 is 0 Å². The van der Waals surface area contributed by atoms with E-state index in [2.05, 4.69) is 138 Å². The molecule has 0 saturated heterocycles. The molecule has 3 aromatic heterocycles. The van der Waals surface area contributed by atoms with Crippen molar-refractivity contribution in [1.82, 2.24) is 9.05 Å². The second-order valence-electron chi connectivity index (χ2n) is 11.9. The summed E-state index contributed by atoms with van der Waals surface area (Å²) in [5.74, 6) is 0. The number of hydrogen-bond acceptors (Lipinski definition) is 1. The van der Waals surface area contributed by atoms with Crippen LogP contribution in [0.2, 0.25) is 0 Å². The van der Waals surface area contributed by atoms with E-state index in [0.29, 0.717) is 0 Å². The molecule has 0 fully saturated rings. The van der Waals surface area contributed by atoms with Gasteiger partial charge in [-0.3, -0.25) is 0 Å². The lowest BCUT2D eigenvalue weighted by molar-refractivity contribution is 0.671. The standard InChI is InChI=1S/C38H25BN2O/c1-22-15-18-32-28(19-22)29-20-23(2)21-31-36(29)40(32)34-13-7-5-11-30(34)39(31)41-33-12-6-3-9-24(33)26-16-17-27-25-10-4-8-14-35(25)42-38(27)37(26)41/h3-21H,1-2H3. The highest BCUT2D eigenvalue weighted by Gasteiger charge is 2.37. The van der Waals surface area contributed by atoms with Gasteiger partial charge in [-0.1, -0.05) is 83.9 Å². The van der Waals surface area contributed by atoms with E-state index in [-0.39, 0.29) is 6.85 Å². The summed E-state index contributed by atoms with van der Waals surface area (Å²) in [5, 5.41) is 7.41. The highest BCUT2D eigenvalue weighted by molar-refractivity contribution is 6.88. The molecule has 0 radical (unpaired) electrons. The quantitative estimate of drug-likeness (QED) is 0.193. The summed E-state index contributed by atoms with van der Waals surface area (Å²) in [6, 6.07) is 42.4. The molecule has 1 aliphatic heterocycles. The molecule has 196 valence electrons. The molecule has 0 atom stereocenters. The van der Waals surface area contributed by atoms with Crippen LogP contribution in [0.1, 0.15) is 11.1 Å². The first-order valence-corrected chi connectivity index (χ1v) is 14.6. The third-order valence-corrected chi connectivity index (χ3v) is 9.43. The van der Waals surface area contributed by atoms with Crippen molar-refractivity contribution in [2.24, 2.45) is 0 Å². The van der Waals surface area contributed by atoms with Crippen LogP contribution in [0.3, 0.4) is 0 Å². The summed E-state index contributed by atoms with van der Waals surface area (Å²) in [6.45, 7) is 4.39. The topological polar surface area (TPSA) is 23.0 Å². The van der Waals surface area contributed by atoms with Crippen molar-refractivity contribution in [2.45, 2.75) is 13.8 Å². The minimum Gasteiger partial charge on any atom is -0.454 e. The van der Waals surface area contributed by atoms with Crippen molar-refractivity contribution in [3.63, 3.8) is 0 Å². The van der Waals surface area contributed by atoms with Gasteiger partial charge in [0.15, 0.2) is 5.58 Å². The second-order valence-corrected chi connectivity index (χ2v) is 11.9. The van der Waals surface area contributed by atoms with Gasteiger partial charge in [0.05, 0.1) is 16.6 Å². The minimum atomic E-state index is -0.0253. The van der Waals surface area contributed by atoms with Crippen molar-refractivity contribution < 1.29 is 4.42 Å². The Hall–Kier alpha value is -5.22. The van der Waals surface area contributed by atoms with E-state index in [4.69, 9.17) is 4.42 Å². The van der Waals surface area contributed by atoms with E-state index in [1.54, 1.807) is 0 Å². The summed E-state index contributed by atoms with van der Waals surface area (Å²) < 4.78 is 11.8. The largest absolute Gasteiger partial charge is 0.454 e. The average molecular weight is 536 g/mol. The molecule has 4 heterocycles. The van der Waals surface area contributed by atoms with Crippen LogP contribution in [-0.4, -0.2) is 15.9 Å². The van der Waals surface area contributed by atoms with Gasteiger partial charge in [-0.05, 0) is 67.2 Å². The van der Waals surface area contributed by atoms with Crippen LogP contribution in [-0.2, 0) is 0 Å². The number of nitrogens with zero attached hydrogens (tertiary/aromatic N) is 2. The Labute approximate surface area is 242 Å². The Morgan fingerprint density at radius 3 is 2.21 bits per heavy atom. The molecule has 3 nitrogen and oxygen atoms in total. The maximum Gasteiger partial charge on any atom is 0.332 e. The van der Waals surface area contributed by atoms with Gasteiger partial charge >= 0.3 is 6.85 Å². The SMILES string of the molecule is Cc1ccc2c(c1)c1cc(C)cc3c1n2-c1ccccc1B3n1c2ccccc2c2ccc3c4ccccc4oc3c21. The lowest BCUT2D eigenvalue weighted by Crippen LogP contribution is -2.53. The number of hydrogen-bond donors (Lipinski definition) is 0. The zero-order valence-electron chi connectivity index (χ0n) is 23.3. The van der Waals surface area contributed by atoms with Gasteiger partial charge in [-0.2, -0.15) is 0 Å². The first-order chi connectivity index (χ1) is 20.7. The molecular formula is C38H25BN2O. The van der Waals surface area contributed by atoms with Gasteiger partial charge in [-0.25, -0.2) is 0 Å². The molecule has 0 bridgehead atoms. The zero-order valence-corrected chi connectivity index (χ0v) is 23.3. The number of benzene rings is 6. The van der Waals surface area contributed by atoms with Crippen LogP contribution in [0.25, 0.3) is 71.2 Å². The zero-order chi connectivity index (χ0) is 27.7. The van der Waals surface area contributed by atoms with Crippen molar-refractivity contribution in [2.75, 3.05) is 0 Å². The summed E-state index contributed by atoms with van der Waals surface area (Å²) in [7, 11) is 0. The van der Waals surface area contributed by atoms with E-state index in [1.807, 2.05) is 0 Å². The van der Waals surface area contributed by atoms with E-state index < -0.39 is 0 Å². The van der Waals surface area contributed by atoms with Crippen molar-refractivity contribution in [1.29, 1.82) is 0 Å². The molecule has 10 rings (SSSR count). The Balaban J connectivity index is 1.45. The van der Waals surface area contributed by atoms with Gasteiger partial charge in [-0.15, -0.1) is 0 Å². The van der Waals surface area contributed by atoms with Gasteiger partial charge in [0.1, 0.15) is 5.58 Å². The number of para-hydroxylation sites is 3. The molecule has 42 heavy (non-hydrogen) atoms. The molecule has 0 N–H and O–H groups in total. The van der Waals surface area contributed by atoms with Crippen LogP contribution >= 0.6 is 0 Å². The first kappa shape index (κ1) is 22.5. The molecule has 6 aromatic carbocycles. The summed E-state index contributed by atoms with van der Waals surface area (Å²) in [5.41, 5.74) is 13.2. The summed E-state index contributed by atoms with van der Waals surface area (Å²) in [4.78, 5) is 0. The molecule has 1 aliphatic rings. The number of rotatable bonds is 1. The lowest BCUT2D eigenvalue weighted by atomic mass is 9.48. The first-order valence-electron chi connectivity index (χ1n) is 14.6. The molecule has 0 spiro atoms. The summed E-state index contributed by atoms with van der Waals surface area (Å²) in [6.07, 6.45) is 0. The fraction of sp³-hybridized carbons (Fsp3) is 0.0526. The number of furan rings is 1. The maximum atomic E-state index is 6.72. The number of aryl methyl sites for hydroxylation is 2. The van der Waals surface area contributed by atoms with Crippen LogP contribution in [0.5, 0.6) is 0 Å². The Bertz CT molecular complexity index is 2610. The molecular weight excluding hydrogens is 511 g/mol. The van der Waals surface area contributed by atoms with E-state index in [0.717, 1.165) is 27.5 Å². The van der Waals surface area contributed by atoms with E-state index in [1.165, 1.54) is 65.8 Å². The van der Waals surface area contributed by atoms with Gasteiger partial charge < -0.3 is 13.5 Å². The van der Waals surface area contributed by atoms with Crippen molar-refractivity contribution in [3.8, 4) is 5.69 Å². The average Bonchev–Trinajstić information content (AvgIpc) is 3.66. The third-order valence-electron chi connectivity index (χ3n) is 9.43. The second kappa shape index (κ2) is 7.74. The molecule has 4 heteroatoms. The van der Waals surface area contributed by atoms with Crippen LogP contribution in [0.15, 0.2) is 120 Å². The fourth-order valence-corrected chi connectivity index (χ4v) is 7.80. The van der Waals surface area contributed by atoms with Gasteiger partial charge in [0, 0.05) is 43.5 Å². The maximum absolute atomic E-state index is 6.72. The lowest BCUT2D eigenvalue weighted by Gasteiger charge is -2.28. The minimum absolute atomic E-state index is 0.0253. The summed E-state index contributed by atoms with van der Waals surface area (Å²) >= 11 is 0. The van der Waals surface area contributed by atoms with Crippen LogP contribution in [0.4, 0.5) is 0 Å². The Morgan fingerprint density at radius 2 is 1.29 bits per heavy atom. The van der Waals surface area contributed by atoms with Gasteiger partial charge in [0.2, 0.25) is 0 Å². The molecule has 9 aromatic rings. The smallest absolute Gasteiger partial charge is 0.332 e. The van der Waals surface area contributed by atoms with E-state index in [9.17, 15) is 0 Å². The molecule has 0 aliphatic carbocycles. The normalized spacial score (nSPS) is 13.0. The number of aromatic nitrogens is 2. The van der Waals surface area contributed by atoms with Crippen LogP contribution < -0.4 is 10.9 Å². The Morgan fingerprint density at radius 1 is 0.524 bits per heavy atom. The van der Waals surface area contributed by atoms with Crippen molar-refractivity contribution >= 4 is 83.3 Å². The third kappa shape index (κ3) is 2.68. The molecule has 0 amide bonds. The van der Waals surface area contributed by atoms with Gasteiger partial charge in [0.25, 0.3) is 0 Å². The van der Waals surface area contributed by atoms with Crippen molar-refractivity contribution in [3.05, 3.63) is 126 Å². The van der Waals surface area contributed by atoms with Crippen LogP contribution in [0, 0.1) is 13.8 Å². The fourth-order valence-electron chi connectivity index (χ4n) is 7.80. The monoisotopic (exact) mass is 536 g/mol. The molecule has 0 unspecified atom stereocenters. The number of fused-ring (bicyclic) bond motifs is 12. The predicted octanol–water partition coefficient (Wildman–Crippen LogP) is 8.38. The predicted molar refractivity (Wildman–Crippen MR) is 177 cm³/mol. The highest BCUT2D eigenvalue weighted by Crippen LogP contribution is 2.40. The molecule has 0 saturated carbocycles. The highest BCUT2D eigenvalue weighted by atomic mass is 16.3.